The lowest BCUT2D eigenvalue weighted by Gasteiger charge is -2.37. The fourth-order valence-electron chi connectivity index (χ4n) is 3.51. The highest BCUT2D eigenvalue weighted by molar-refractivity contribution is 5.40. The normalized spacial score (nSPS) is 19.6. The van der Waals surface area contributed by atoms with Crippen LogP contribution in [-0.2, 0) is 0 Å². The number of benzene rings is 1. The van der Waals surface area contributed by atoms with Gasteiger partial charge in [-0.1, -0.05) is 24.6 Å². The first-order valence-corrected chi connectivity index (χ1v) is 7.54. The lowest BCUT2D eigenvalue weighted by Crippen LogP contribution is -2.40. The Labute approximate surface area is 118 Å². The van der Waals surface area contributed by atoms with Gasteiger partial charge >= 0.3 is 0 Å². The van der Waals surface area contributed by atoms with Crippen LogP contribution in [0.1, 0.15) is 48.1 Å². The van der Waals surface area contributed by atoms with Crippen LogP contribution in [0.2, 0.25) is 0 Å². The summed E-state index contributed by atoms with van der Waals surface area (Å²) in [6, 6.07) is 4.97. The number of nitrogens with two attached hydrogens (primary N) is 1. The number of rotatable bonds is 3. The zero-order valence-electron chi connectivity index (χ0n) is 12.9. The molecule has 0 spiro atoms. The average Bonchev–Trinajstić information content (AvgIpc) is 2.35. The van der Waals surface area contributed by atoms with E-state index in [0.29, 0.717) is 6.04 Å². The van der Waals surface area contributed by atoms with Crippen LogP contribution in [0.25, 0.3) is 0 Å². The minimum Gasteiger partial charge on any atom is -0.329 e. The summed E-state index contributed by atoms with van der Waals surface area (Å²) in [5.74, 6) is 0.870. The highest BCUT2D eigenvalue weighted by Crippen LogP contribution is 2.30. The molecule has 0 bridgehead atoms. The van der Waals surface area contributed by atoms with Crippen molar-refractivity contribution in [2.75, 3.05) is 19.6 Å². The van der Waals surface area contributed by atoms with E-state index in [4.69, 9.17) is 5.73 Å². The van der Waals surface area contributed by atoms with Gasteiger partial charge in [0.05, 0.1) is 0 Å². The van der Waals surface area contributed by atoms with Crippen LogP contribution in [0.3, 0.4) is 0 Å². The Morgan fingerprint density at radius 1 is 1.16 bits per heavy atom. The van der Waals surface area contributed by atoms with Crippen molar-refractivity contribution in [3.8, 4) is 0 Å². The van der Waals surface area contributed by atoms with Gasteiger partial charge in [-0.25, -0.2) is 0 Å². The first-order chi connectivity index (χ1) is 9.02. The minimum atomic E-state index is 0.396. The second kappa shape index (κ2) is 6.06. The van der Waals surface area contributed by atoms with Gasteiger partial charge in [0.15, 0.2) is 0 Å². The van der Waals surface area contributed by atoms with E-state index in [1.165, 1.54) is 48.2 Å². The van der Waals surface area contributed by atoms with Crippen molar-refractivity contribution >= 4 is 0 Å². The summed E-state index contributed by atoms with van der Waals surface area (Å²) in [4.78, 5) is 2.59. The summed E-state index contributed by atoms with van der Waals surface area (Å²) in [6.07, 6.45) is 2.61. The number of piperidine rings is 1. The SMILES string of the molecule is Cc1cc(C)c(C(CN)N2CCC(C)CC2)c(C)c1. The maximum atomic E-state index is 6.10. The summed E-state index contributed by atoms with van der Waals surface area (Å²) in [5.41, 5.74) is 11.7. The van der Waals surface area contributed by atoms with E-state index in [1.807, 2.05) is 0 Å². The van der Waals surface area contributed by atoms with Gasteiger partial charge in [0.25, 0.3) is 0 Å². The molecule has 106 valence electrons. The summed E-state index contributed by atoms with van der Waals surface area (Å²) in [5, 5.41) is 0. The molecule has 1 aliphatic heterocycles. The van der Waals surface area contributed by atoms with E-state index in [1.54, 1.807) is 0 Å². The molecule has 1 aromatic carbocycles. The number of likely N-dealkylation sites (tertiary alicyclic amines) is 1. The highest BCUT2D eigenvalue weighted by atomic mass is 15.2. The lowest BCUT2D eigenvalue weighted by molar-refractivity contribution is 0.140. The number of nitrogens with zero attached hydrogens (tertiary/aromatic N) is 1. The van der Waals surface area contributed by atoms with Crippen molar-refractivity contribution in [1.29, 1.82) is 0 Å². The summed E-state index contributed by atoms with van der Waals surface area (Å²) in [7, 11) is 0. The van der Waals surface area contributed by atoms with Crippen LogP contribution < -0.4 is 5.73 Å². The molecular formula is C17H28N2. The Hall–Kier alpha value is -0.860. The third kappa shape index (κ3) is 3.18. The van der Waals surface area contributed by atoms with Gasteiger partial charge in [0.2, 0.25) is 0 Å². The second-order valence-corrected chi connectivity index (χ2v) is 6.28. The molecule has 0 aromatic heterocycles. The van der Waals surface area contributed by atoms with Crippen LogP contribution in [0.5, 0.6) is 0 Å². The second-order valence-electron chi connectivity index (χ2n) is 6.28. The van der Waals surface area contributed by atoms with Crippen molar-refractivity contribution in [2.24, 2.45) is 11.7 Å². The van der Waals surface area contributed by atoms with Gasteiger partial charge in [-0.2, -0.15) is 0 Å². The van der Waals surface area contributed by atoms with Crippen LogP contribution in [-0.4, -0.2) is 24.5 Å². The predicted octanol–water partition coefficient (Wildman–Crippen LogP) is 3.34. The van der Waals surface area contributed by atoms with Crippen molar-refractivity contribution < 1.29 is 0 Å². The number of hydrogen-bond donors (Lipinski definition) is 1. The quantitative estimate of drug-likeness (QED) is 0.903. The molecular weight excluding hydrogens is 232 g/mol. The molecule has 0 radical (unpaired) electrons. The minimum absolute atomic E-state index is 0.396. The van der Waals surface area contributed by atoms with E-state index in [-0.39, 0.29) is 0 Å². The first kappa shape index (κ1) is 14.5. The van der Waals surface area contributed by atoms with Gasteiger partial charge in [-0.3, -0.25) is 4.90 Å². The van der Waals surface area contributed by atoms with Crippen LogP contribution in [0.15, 0.2) is 12.1 Å². The zero-order valence-corrected chi connectivity index (χ0v) is 12.9. The molecule has 2 heteroatoms. The molecule has 1 atom stereocenters. The van der Waals surface area contributed by atoms with Crippen molar-refractivity contribution in [1.82, 2.24) is 4.90 Å². The largest absolute Gasteiger partial charge is 0.329 e. The molecule has 1 fully saturated rings. The van der Waals surface area contributed by atoms with E-state index >= 15 is 0 Å². The van der Waals surface area contributed by atoms with Gasteiger partial charge in [-0.05, 0) is 69.3 Å². The van der Waals surface area contributed by atoms with Crippen molar-refractivity contribution in [3.05, 3.63) is 34.4 Å². The maximum absolute atomic E-state index is 6.10. The van der Waals surface area contributed by atoms with Crippen molar-refractivity contribution in [3.63, 3.8) is 0 Å². The lowest BCUT2D eigenvalue weighted by atomic mass is 9.90. The van der Waals surface area contributed by atoms with Gasteiger partial charge < -0.3 is 5.73 Å². The number of hydrogen-bond acceptors (Lipinski definition) is 2. The van der Waals surface area contributed by atoms with Gasteiger partial charge in [0, 0.05) is 12.6 Å². The summed E-state index contributed by atoms with van der Waals surface area (Å²) in [6.45, 7) is 12.1. The van der Waals surface area contributed by atoms with Crippen molar-refractivity contribution in [2.45, 2.75) is 46.6 Å². The monoisotopic (exact) mass is 260 g/mol. The average molecular weight is 260 g/mol. The Kier molecular flexibility index (Phi) is 4.64. The Bertz CT molecular complexity index is 408. The van der Waals surface area contributed by atoms with E-state index in [2.05, 4.69) is 44.7 Å². The molecule has 1 aliphatic rings. The maximum Gasteiger partial charge on any atom is 0.0475 e. The molecule has 0 amide bonds. The third-order valence-corrected chi connectivity index (χ3v) is 4.55. The molecule has 2 nitrogen and oxygen atoms in total. The fraction of sp³-hybridized carbons (Fsp3) is 0.647. The van der Waals surface area contributed by atoms with E-state index in [9.17, 15) is 0 Å². The predicted molar refractivity (Wildman–Crippen MR) is 82.4 cm³/mol. The molecule has 0 aliphatic carbocycles. The molecule has 1 unspecified atom stereocenters. The van der Waals surface area contributed by atoms with Crippen LogP contribution >= 0.6 is 0 Å². The van der Waals surface area contributed by atoms with Crippen LogP contribution in [0, 0.1) is 26.7 Å². The standard InChI is InChI=1S/C17H28N2/c1-12-5-7-19(8-6-12)16(11-18)17-14(3)9-13(2)10-15(17)4/h9-10,12,16H,5-8,11,18H2,1-4H3. The topological polar surface area (TPSA) is 29.3 Å². The van der Waals surface area contributed by atoms with Gasteiger partial charge in [-0.15, -0.1) is 0 Å². The van der Waals surface area contributed by atoms with E-state index < -0.39 is 0 Å². The van der Waals surface area contributed by atoms with Crippen LogP contribution in [0.4, 0.5) is 0 Å². The van der Waals surface area contributed by atoms with Gasteiger partial charge in [0.1, 0.15) is 0 Å². The summed E-state index contributed by atoms with van der Waals surface area (Å²) < 4.78 is 0. The molecule has 2 rings (SSSR count). The fourth-order valence-corrected chi connectivity index (χ4v) is 3.51. The molecule has 1 heterocycles. The first-order valence-electron chi connectivity index (χ1n) is 7.54. The number of aryl methyl sites for hydroxylation is 3. The smallest absolute Gasteiger partial charge is 0.0475 e. The van der Waals surface area contributed by atoms with E-state index in [0.717, 1.165) is 12.5 Å². The Morgan fingerprint density at radius 2 is 1.68 bits per heavy atom. The zero-order chi connectivity index (χ0) is 14.0. The highest BCUT2D eigenvalue weighted by Gasteiger charge is 2.25. The molecule has 19 heavy (non-hydrogen) atoms. The summed E-state index contributed by atoms with van der Waals surface area (Å²) >= 11 is 0. The third-order valence-electron chi connectivity index (χ3n) is 4.55. The Morgan fingerprint density at radius 3 is 2.16 bits per heavy atom. The molecule has 1 saturated heterocycles. The molecule has 0 saturated carbocycles. The molecule has 1 aromatic rings. The Balaban J connectivity index is 2.27. The molecule has 2 N–H and O–H groups in total.